The van der Waals surface area contributed by atoms with Crippen molar-refractivity contribution in [1.29, 1.82) is 0 Å². The predicted molar refractivity (Wildman–Crippen MR) is 78.8 cm³/mol. The van der Waals surface area contributed by atoms with E-state index in [1.165, 1.54) is 26.2 Å². The molecule has 1 aromatic rings. The van der Waals surface area contributed by atoms with Crippen molar-refractivity contribution in [2.24, 2.45) is 5.92 Å². The number of ketones is 1. The van der Waals surface area contributed by atoms with E-state index in [4.69, 9.17) is 32.8 Å². The lowest BCUT2D eigenvalue weighted by molar-refractivity contribution is -0.210. The number of benzene rings is 1. The first kappa shape index (κ1) is 17.8. The van der Waals surface area contributed by atoms with Crippen LogP contribution in [-0.4, -0.2) is 25.5 Å². The number of hydrogen-bond acceptors (Lipinski definition) is 5. The van der Waals surface area contributed by atoms with E-state index in [1.54, 1.807) is 0 Å². The third kappa shape index (κ3) is 4.59. The predicted octanol–water partition coefficient (Wildman–Crippen LogP) is 3.71. The van der Waals surface area contributed by atoms with Crippen LogP contribution < -0.4 is 4.89 Å². The zero-order valence-corrected chi connectivity index (χ0v) is 13.5. The molecule has 0 fully saturated rings. The maximum Gasteiger partial charge on any atom is 0.352 e. The van der Waals surface area contributed by atoms with Crippen LogP contribution in [0.3, 0.4) is 0 Å². The third-order valence-corrected chi connectivity index (χ3v) is 3.66. The van der Waals surface area contributed by atoms with Crippen molar-refractivity contribution in [3.63, 3.8) is 0 Å². The minimum Gasteiger partial charge on any atom is -0.384 e. The molecule has 21 heavy (non-hydrogen) atoms. The first-order valence-corrected chi connectivity index (χ1v) is 7.04. The van der Waals surface area contributed by atoms with E-state index >= 15 is 0 Å². The molecule has 0 saturated heterocycles. The van der Waals surface area contributed by atoms with Gasteiger partial charge in [-0.2, -0.15) is 0 Å². The van der Waals surface area contributed by atoms with Gasteiger partial charge in [0.2, 0.25) is 0 Å². The van der Waals surface area contributed by atoms with Crippen molar-refractivity contribution in [2.75, 3.05) is 13.7 Å². The summed E-state index contributed by atoms with van der Waals surface area (Å²) < 4.78 is 5.02. The summed E-state index contributed by atoms with van der Waals surface area (Å²) >= 11 is 12.1. The van der Waals surface area contributed by atoms with Crippen molar-refractivity contribution in [1.82, 2.24) is 0 Å². The van der Waals surface area contributed by atoms with Gasteiger partial charge in [-0.3, -0.25) is 14.6 Å². The molecule has 5 nitrogen and oxygen atoms in total. The summed E-state index contributed by atoms with van der Waals surface area (Å²) in [6.45, 7) is 3.37. The Morgan fingerprint density at radius 1 is 1.24 bits per heavy atom. The number of carbonyl (C=O) groups is 2. The lowest BCUT2D eigenvalue weighted by Gasteiger charge is -2.15. The number of methoxy groups -OCH3 is 1. The van der Waals surface area contributed by atoms with E-state index in [2.05, 4.69) is 4.89 Å². The first-order valence-electron chi connectivity index (χ1n) is 6.28. The molecule has 7 heteroatoms. The Labute approximate surface area is 133 Å². The molecule has 1 atom stereocenters. The highest BCUT2D eigenvalue weighted by atomic mass is 35.5. The van der Waals surface area contributed by atoms with E-state index in [0.29, 0.717) is 13.0 Å². The zero-order chi connectivity index (χ0) is 16.0. The third-order valence-electron chi connectivity index (χ3n) is 2.79. The van der Waals surface area contributed by atoms with Crippen LogP contribution in [0.1, 0.15) is 30.6 Å². The second-order valence-corrected chi connectivity index (χ2v) is 5.08. The number of hydrogen-bond donors (Lipinski definition) is 0. The summed E-state index contributed by atoms with van der Waals surface area (Å²) in [6.07, 6.45) is 0.617. The fourth-order valence-corrected chi connectivity index (χ4v) is 2.14. The maximum absolute atomic E-state index is 12.4. The molecule has 0 spiro atoms. The second kappa shape index (κ2) is 8.22. The van der Waals surface area contributed by atoms with E-state index in [-0.39, 0.29) is 33.1 Å². The molecule has 0 amide bonds. The van der Waals surface area contributed by atoms with Crippen molar-refractivity contribution in [2.45, 2.75) is 20.3 Å². The van der Waals surface area contributed by atoms with Crippen LogP contribution in [0.15, 0.2) is 12.1 Å². The van der Waals surface area contributed by atoms with E-state index < -0.39 is 5.97 Å². The summed E-state index contributed by atoms with van der Waals surface area (Å²) in [6, 6.07) is 2.90. The van der Waals surface area contributed by atoms with Crippen LogP contribution in [0.25, 0.3) is 0 Å². The van der Waals surface area contributed by atoms with Gasteiger partial charge >= 0.3 is 5.97 Å². The highest BCUT2D eigenvalue weighted by Crippen LogP contribution is 2.36. The molecule has 0 bridgehead atoms. The average Bonchev–Trinajstić information content (AvgIpc) is 2.45. The van der Waals surface area contributed by atoms with Gasteiger partial charge in [-0.05, 0) is 18.6 Å². The summed E-state index contributed by atoms with van der Waals surface area (Å²) in [5.74, 6) is -1.03. The van der Waals surface area contributed by atoms with Gasteiger partial charge in [0.15, 0.2) is 11.5 Å². The van der Waals surface area contributed by atoms with Crippen molar-refractivity contribution in [3.05, 3.63) is 27.7 Å². The van der Waals surface area contributed by atoms with Crippen LogP contribution in [0.2, 0.25) is 10.0 Å². The smallest absolute Gasteiger partial charge is 0.352 e. The Bertz CT molecular complexity index is 530. The van der Waals surface area contributed by atoms with E-state index in [1.807, 2.05) is 6.92 Å². The second-order valence-electron chi connectivity index (χ2n) is 4.32. The monoisotopic (exact) mass is 334 g/mol. The molecule has 1 aromatic carbocycles. The number of carbonyl (C=O) groups excluding carboxylic acids is 2. The number of rotatable bonds is 7. The summed E-state index contributed by atoms with van der Waals surface area (Å²) in [7, 11) is 1.53. The number of ether oxygens (including phenoxy) is 1. The Hall–Kier alpha value is -1.30. The quantitative estimate of drug-likeness (QED) is 0.432. The lowest BCUT2D eigenvalue weighted by atomic mass is 9.96. The summed E-state index contributed by atoms with van der Waals surface area (Å²) in [4.78, 5) is 32.2. The highest BCUT2D eigenvalue weighted by Gasteiger charge is 2.23. The van der Waals surface area contributed by atoms with Crippen molar-refractivity contribution >= 4 is 35.0 Å². The van der Waals surface area contributed by atoms with Gasteiger partial charge in [0.05, 0.1) is 11.6 Å². The number of halogens is 2. The summed E-state index contributed by atoms with van der Waals surface area (Å²) in [5, 5.41) is 0.0666. The molecule has 0 aliphatic carbocycles. The Kier molecular flexibility index (Phi) is 6.95. The Morgan fingerprint density at radius 3 is 2.43 bits per heavy atom. The molecule has 0 radical (unpaired) electrons. The lowest BCUT2D eigenvalue weighted by Crippen LogP contribution is -2.19. The molecule has 0 heterocycles. The molecular formula is C14H16Cl2O5. The molecule has 1 rings (SSSR count). The minimum atomic E-state index is -0.631. The van der Waals surface area contributed by atoms with Gasteiger partial charge in [0.1, 0.15) is 5.02 Å². The molecule has 0 N–H and O–H groups in total. The van der Waals surface area contributed by atoms with Gasteiger partial charge in [0, 0.05) is 25.5 Å². The topological polar surface area (TPSA) is 61.8 Å². The SMILES string of the molecule is CCC(COC)C(=O)c1ccc(OOC(C)=O)c(Cl)c1Cl. The first-order chi connectivity index (χ1) is 9.92. The van der Waals surface area contributed by atoms with Crippen molar-refractivity contribution in [3.8, 4) is 5.75 Å². The van der Waals surface area contributed by atoms with Gasteiger partial charge in [-0.25, -0.2) is 4.79 Å². The van der Waals surface area contributed by atoms with Gasteiger partial charge < -0.3 is 4.74 Å². The minimum absolute atomic E-state index is 0.0102. The normalized spacial score (nSPS) is 11.9. The molecule has 0 aromatic heterocycles. The largest absolute Gasteiger partial charge is 0.384 e. The fourth-order valence-electron chi connectivity index (χ4n) is 1.69. The van der Waals surface area contributed by atoms with E-state index in [0.717, 1.165) is 0 Å². The molecule has 1 unspecified atom stereocenters. The molecular weight excluding hydrogens is 319 g/mol. The fraction of sp³-hybridized carbons (Fsp3) is 0.429. The molecule has 0 saturated carbocycles. The van der Waals surface area contributed by atoms with Crippen molar-refractivity contribution < 1.29 is 24.1 Å². The zero-order valence-electron chi connectivity index (χ0n) is 11.9. The highest BCUT2D eigenvalue weighted by molar-refractivity contribution is 6.44. The van der Waals surface area contributed by atoms with E-state index in [9.17, 15) is 9.59 Å². The van der Waals surface area contributed by atoms with Crippen LogP contribution >= 0.6 is 23.2 Å². The summed E-state index contributed by atoms with van der Waals surface area (Å²) in [5.41, 5.74) is 0.278. The van der Waals surface area contributed by atoms with Gasteiger partial charge in [-0.15, -0.1) is 0 Å². The van der Waals surface area contributed by atoms with Crippen LogP contribution in [0.5, 0.6) is 5.75 Å². The molecule has 0 aliphatic rings. The molecule has 0 aliphatic heterocycles. The van der Waals surface area contributed by atoms with Crippen LogP contribution in [0.4, 0.5) is 0 Å². The van der Waals surface area contributed by atoms with Gasteiger partial charge in [-0.1, -0.05) is 30.1 Å². The van der Waals surface area contributed by atoms with Crippen LogP contribution in [0, 0.1) is 5.92 Å². The average molecular weight is 335 g/mol. The Morgan fingerprint density at radius 2 is 1.90 bits per heavy atom. The standard InChI is InChI=1S/C14H16Cl2O5/c1-4-9(7-19-3)14(18)10-5-6-11(13(16)12(10)15)21-20-8(2)17/h5-6,9H,4,7H2,1-3H3. The number of Topliss-reactive ketones (excluding diaryl/α,β-unsaturated/α-hetero) is 1. The Balaban J connectivity index is 3.02. The van der Waals surface area contributed by atoms with Crippen LogP contribution in [-0.2, 0) is 14.4 Å². The molecule has 116 valence electrons. The maximum atomic E-state index is 12.4. The van der Waals surface area contributed by atoms with Gasteiger partial charge in [0.25, 0.3) is 0 Å².